The van der Waals surface area contributed by atoms with Crippen molar-refractivity contribution in [3.05, 3.63) is 35.4 Å². The Morgan fingerprint density at radius 1 is 1.47 bits per heavy atom. The van der Waals surface area contributed by atoms with Gasteiger partial charge in [-0.05, 0) is 30.9 Å². The highest BCUT2D eigenvalue weighted by Gasteiger charge is 2.20. The van der Waals surface area contributed by atoms with Gasteiger partial charge in [0.25, 0.3) is 10.1 Å². The van der Waals surface area contributed by atoms with Crippen molar-refractivity contribution in [3.63, 3.8) is 0 Å². The summed E-state index contributed by atoms with van der Waals surface area (Å²) in [6, 6.07) is 9.06. The molecule has 0 bridgehead atoms. The quantitative estimate of drug-likeness (QED) is 0.655. The predicted octanol–water partition coefficient (Wildman–Crippen LogP) is 1.79. The van der Waals surface area contributed by atoms with Gasteiger partial charge in [-0.15, -0.1) is 6.42 Å². The Morgan fingerprint density at radius 3 is 2.68 bits per heavy atom. The van der Waals surface area contributed by atoms with E-state index in [0.29, 0.717) is 12.6 Å². The number of benzene rings is 1. The van der Waals surface area contributed by atoms with E-state index < -0.39 is 10.1 Å². The summed E-state index contributed by atoms with van der Waals surface area (Å²) in [6.45, 7) is 2.04. The zero-order valence-electron chi connectivity index (χ0n) is 11.0. The van der Waals surface area contributed by atoms with E-state index in [2.05, 4.69) is 35.5 Å². The molecule has 1 aliphatic rings. The Bertz CT molecular complexity index is 546. The average Bonchev–Trinajstić information content (AvgIpc) is 2.79. The standard InChI is InChI=1S/C12H13N.C2H6O3S/c1-2-9-13-12-8-7-10-5-3-4-6-11(10)12;1-2-6(3,4)5/h1,3-6,12-13H,7-9H2;2H2,1H3,(H,3,4,5)/t12-;/m1./s1. The monoisotopic (exact) mass is 281 g/mol. The second kappa shape index (κ2) is 7.29. The van der Waals surface area contributed by atoms with Gasteiger partial charge in [0.1, 0.15) is 0 Å². The Morgan fingerprint density at radius 2 is 2.11 bits per heavy atom. The Kier molecular flexibility index (Phi) is 6.03. The van der Waals surface area contributed by atoms with Crippen molar-refractivity contribution in [2.24, 2.45) is 0 Å². The van der Waals surface area contributed by atoms with Gasteiger partial charge < -0.3 is 0 Å². The SMILES string of the molecule is C#CCN[C@@H]1CCc2ccccc21.CCS(=O)(=O)O. The number of terminal acetylenes is 1. The lowest BCUT2D eigenvalue weighted by Gasteiger charge is -2.10. The minimum Gasteiger partial charge on any atom is -0.299 e. The van der Waals surface area contributed by atoms with Crippen LogP contribution in [0.4, 0.5) is 0 Å². The van der Waals surface area contributed by atoms with E-state index in [9.17, 15) is 8.42 Å². The van der Waals surface area contributed by atoms with E-state index in [1.807, 2.05) is 0 Å². The van der Waals surface area contributed by atoms with Crippen LogP contribution in [0.25, 0.3) is 0 Å². The molecule has 2 N–H and O–H groups in total. The number of hydrogen-bond acceptors (Lipinski definition) is 3. The molecule has 0 aromatic heterocycles. The second-order valence-corrected chi connectivity index (χ2v) is 5.99. The summed E-state index contributed by atoms with van der Waals surface area (Å²) in [7, 11) is -3.66. The average molecular weight is 281 g/mol. The lowest BCUT2D eigenvalue weighted by atomic mass is 10.1. The summed E-state index contributed by atoms with van der Waals surface area (Å²) in [4.78, 5) is 0. The maximum Gasteiger partial charge on any atom is 0.264 e. The fourth-order valence-electron chi connectivity index (χ4n) is 1.95. The van der Waals surface area contributed by atoms with Crippen LogP contribution in [-0.2, 0) is 16.5 Å². The Labute approximate surface area is 115 Å². The van der Waals surface area contributed by atoms with Crippen LogP contribution in [0.3, 0.4) is 0 Å². The number of aryl methyl sites for hydroxylation is 1. The Balaban J connectivity index is 0.000000258. The van der Waals surface area contributed by atoms with Gasteiger partial charge in [0.15, 0.2) is 0 Å². The molecule has 4 nitrogen and oxygen atoms in total. The lowest BCUT2D eigenvalue weighted by Crippen LogP contribution is -2.19. The minimum atomic E-state index is -3.66. The predicted molar refractivity (Wildman–Crippen MR) is 76.4 cm³/mol. The van der Waals surface area contributed by atoms with Gasteiger partial charge >= 0.3 is 0 Å². The van der Waals surface area contributed by atoms with Gasteiger partial charge in [0.2, 0.25) is 0 Å². The number of fused-ring (bicyclic) bond motifs is 1. The van der Waals surface area contributed by atoms with Crippen molar-refractivity contribution in [1.82, 2.24) is 5.32 Å². The molecule has 0 saturated carbocycles. The van der Waals surface area contributed by atoms with Crippen LogP contribution in [0.15, 0.2) is 24.3 Å². The molecule has 104 valence electrons. The first kappa shape index (κ1) is 15.7. The third-order valence-electron chi connectivity index (χ3n) is 2.95. The lowest BCUT2D eigenvalue weighted by molar-refractivity contribution is 0.484. The van der Waals surface area contributed by atoms with E-state index in [4.69, 9.17) is 11.0 Å². The molecule has 0 aliphatic heterocycles. The fraction of sp³-hybridized carbons (Fsp3) is 0.429. The van der Waals surface area contributed by atoms with E-state index in [1.54, 1.807) is 0 Å². The molecule has 0 fully saturated rings. The van der Waals surface area contributed by atoms with Crippen LogP contribution in [0.2, 0.25) is 0 Å². The van der Waals surface area contributed by atoms with Crippen molar-refractivity contribution >= 4 is 10.1 Å². The van der Waals surface area contributed by atoms with E-state index in [1.165, 1.54) is 30.9 Å². The van der Waals surface area contributed by atoms with E-state index >= 15 is 0 Å². The third kappa shape index (κ3) is 5.43. The highest BCUT2D eigenvalue weighted by molar-refractivity contribution is 7.85. The zero-order valence-corrected chi connectivity index (χ0v) is 11.8. The molecule has 0 unspecified atom stereocenters. The molecule has 0 heterocycles. The number of rotatable bonds is 3. The third-order valence-corrected chi connectivity index (χ3v) is 3.68. The number of hydrogen-bond donors (Lipinski definition) is 2. The second-order valence-electron chi connectivity index (χ2n) is 4.25. The summed E-state index contributed by atoms with van der Waals surface area (Å²) in [5.41, 5.74) is 2.90. The number of nitrogens with one attached hydrogen (secondary N) is 1. The van der Waals surface area contributed by atoms with Crippen LogP contribution in [0, 0.1) is 12.3 Å². The highest BCUT2D eigenvalue weighted by atomic mass is 32.2. The molecule has 19 heavy (non-hydrogen) atoms. The van der Waals surface area contributed by atoms with Gasteiger partial charge in [-0.1, -0.05) is 30.2 Å². The maximum absolute atomic E-state index is 9.56. The molecule has 0 amide bonds. The highest BCUT2D eigenvalue weighted by Crippen LogP contribution is 2.30. The summed E-state index contributed by atoms with van der Waals surface area (Å²) < 4.78 is 26.9. The molecular formula is C14H19NO3S. The molecule has 0 radical (unpaired) electrons. The van der Waals surface area contributed by atoms with Gasteiger partial charge in [-0.2, -0.15) is 8.42 Å². The van der Waals surface area contributed by atoms with Gasteiger partial charge in [-0.3, -0.25) is 9.87 Å². The van der Waals surface area contributed by atoms with Crippen molar-refractivity contribution in [3.8, 4) is 12.3 Å². The molecule has 0 spiro atoms. The largest absolute Gasteiger partial charge is 0.299 e. The summed E-state index contributed by atoms with van der Waals surface area (Å²) >= 11 is 0. The van der Waals surface area contributed by atoms with Crippen molar-refractivity contribution in [1.29, 1.82) is 0 Å². The molecule has 0 saturated heterocycles. The van der Waals surface area contributed by atoms with Crippen molar-refractivity contribution in [2.45, 2.75) is 25.8 Å². The molecule has 5 heteroatoms. The molecule has 2 rings (SSSR count). The summed E-state index contributed by atoms with van der Waals surface area (Å²) in [5.74, 6) is 2.41. The maximum atomic E-state index is 9.56. The molecule has 1 atom stereocenters. The normalized spacial score (nSPS) is 17.0. The molecule has 1 aliphatic carbocycles. The molecular weight excluding hydrogens is 262 g/mol. The van der Waals surface area contributed by atoms with Gasteiger partial charge in [0, 0.05) is 6.04 Å². The first-order chi connectivity index (χ1) is 8.98. The first-order valence-corrected chi connectivity index (χ1v) is 7.78. The molecule has 1 aromatic carbocycles. The topological polar surface area (TPSA) is 66.4 Å². The van der Waals surface area contributed by atoms with Crippen LogP contribution >= 0.6 is 0 Å². The summed E-state index contributed by atoms with van der Waals surface area (Å²) in [6.07, 6.45) is 7.57. The van der Waals surface area contributed by atoms with Crippen molar-refractivity contribution < 1.29 is 13.0 Å². The minimum absolute atomic E-state index is 0.201. The van der Waals surface area contributed by atoms with E-state index in [-0.39, 0.29) is 5.75 Å². The van der Waals surface area contributed by atoms with Gasteiger partial charge in [0.05, 0.1) is 12.3 Å². The van der Waals surface area contributed by atoms with Crippen LogP contribution < -0.4 is 5.32 Å². The molecule has 1 aromatic rings. The zero-order chi connectivity index (χ0) is 14.3. The Hall–Kier alpha value is -1.35. The smallest absolute Gasteiger partial charge is 0.264 e. The van der Waals surface area contributed by atoms with Crippen molar-refractivity contribution in [2.75, 3.05) is 12.3 Å². The van der Waals surface area contributed by atoms with Gasteiger partial charge in [-0.25, -0.2) is 0 Å². The summed E-state index contributed by atoms with van der Waals surface area (Å²) in [5, 5.41) is 3.35. The van der Waals surface area contributed by atoms with E-state index in [0.717, 1.165) is 0 Å². The van der Waals surface area contributed by atoms with Crippen LogP contribution in [-0.4, -0.2) is 25.3 Å². The first-order valence-electron chi connectivity index (χ1n) is 6.17. The van der Waals surface area contributed by atoms with Crippen LogP contribution in [0.1, 0.15) is 30.5 Å². The fourth-order valence-corrected chi connectivity index (χ4v) is 1.95. The van der Waals surface area contributed by atoms with Crippen LogP contribution in [0.5, 0.6) is 0 Å².